The molecule has 1 aromatic heterocycles. The summed E-state index contributed by atoms with van der Waals surface area (Å²) >= 11 is 0. The van der Waals surface area contributed by atoms with E-state index in [4.69, 9.17) is 18.7 Å². The second-order valence-corrected chi connectivity index (χ2v) is 18.6. The summed E-state index contributed by atoms with van der Waals surface area (Å²) in [5.41, 5.74) is 0.352. The van der Waals surface area contributed by atoms with E-state index in [1.807, 2.05) is 42.1 Å². The molecule has 0 bridgehead atoms. The van der Waals surface area contributed by atoms with Gasteiger partial charge in [0.15, 0.2) is 5.16 Å². The van der Waals surface area contributed by atoms with Gasteiger partial charge in [0.2, 0.25) is 7.37 Å². The fourth-order valence-corrected chi connectivity index (χ4v) is 8.79. The Labute approximate surface area is 292 Å². The van der Waals surface area contributed by atoms with Gasteiger partial charge in [-0.25, -0.2) is 19.5 Å². The van der Waals surface area contributed by atoms with E-state index in [9.17, 15) is 18.9 Å². The zero-order valence-electron chi connectivity index (χ0n) is 31.3. The number of carbonyl (C=O) groups is 3. The fraction of sp³-hybridized carbons (Fsp3) is 0.667. The van der Waals surface area contributed by atoms with Crippen LogP contribution in [0.25, 0.3) is 11.3 Å². The maximum atomic E-state index is 14.8. The molecule has 1 saturated heterocycles. The Morgan fingerprint density at radius 3 is 2.04 bits per heavy atom. The second-order valence-electron chi connectivity index (χ2n) is 15.7. The number of nitrogens with zero attached hydrogens (tertiary/aromatic N) is 4. The third-order valence-corrected chi connectivity index (χ3v) is 11.1. The van der Waals surface area contributed by atoms with Crippen molar-refractivity contribution < 1.29 is 37.7 Å². The van der Waals surface area contributed by atoms with Gasteiger partial charge in [0.1, 0.15) is 16.8 Å². The molecule has 0 spiro atoms. The van der Waals surface area contributed by atoms with Crippen molar-refractivity contribution in [1.82, 2.24) is 19.4 Å². The van der Waals surface area contributed by atoms with Gasteiger partial charge in [0.25, 0.3) is 0 Å². The van der Waals surface area contributed by atoms with Crippen LogP contribution in [0.2, 0.25) is 0 Å². The Bertz CT molecular complexity index is 1480. The average molecular weight is 705 g/mol. The number of esters is 1. The minimum atomic E-state index is -3.59. The molecule has 0 radical (unpaired) electrons. The van der Waals surface area contributed by atoms with Crippen LogP contribution >= 0.6 is 7.37 Å². The fourth-order valence-electron chi connectivity index (χ4n) is 5.78. The smallest absolute Gasteiger partial charge is 0.419 e. The van der Waals surface area contributed by atoms with E-state index in [0.717, 1.165) is 21.7 Å². The number of carbonyl (C=O) groups excluding carboxylic acids is 3. The number of amides is 2. The first-order valence-corrected chi connectivity index (χ1v) is 18.9. The maximum Gasteiger partial charge on any atom is 0.419 e. The van der Waals surface area contributed by atoms with Crippen molar-refractivity contribution in [3.63, 3.8) is 0 Å². The summed E-state index contributed by atoms with van der Waals surface area (Å²) in [6.07, 6.45) is 3.06. The van der Waals surface area contributed by atoms with Crippen LogP contribution in [0.3, 0.4) is 0 Å². The highest BCUT2D eigenvalue weighted by molar-refractivity contribution is 7.62. The van der Waals surface area contributed by atoms with Crippen molar-refractivity contribution in [3.8, 4) is 11.3 Å². The number of imide groups is 1. The van der Waals surface area contributed by atoms with Crippen LogP contribution in [-0.2, 0) is 41.7 Å². The zero-order chi connectivity index (χ0) is 36.8. The number of unbranched alkanes of at least 4 members (excludes halogenated alkanes) is 1. The summed E-state index contributed by atoms with van der Waals surface area (Å²) in [5, 5.41) is -1.48. The van der Waals surface area contributed by atoms with Gasteiger partial charge < -0.3 is 23.3 Å². The molecule has 1 aliphatic rings. The summed E-state index contributed by atoms with van der Waals surface area (Å²) in [5.74, 6) is -0.573. The lowest BCUT2D eigenvalue weighted by atomic mass is 9.97. The van der Waals surface area contributed by atoms with E-state index in [1.165, 1.54) is 0 Å². The molecule has 1 fully saturated rings. The van der Waals surface area contributed by atoms with Crippen molar-refractivity contribution in [1.29, 1.82) is 0 Å². The number of hydrogen-bond donors (Lipinski definition) is 0. The molecule has 2 heterocycles. The molecule has 13 heteroatoms. The zero-order valence-corrected chi connectivity index (χ0v) is 32.2. The van der Waals surface area contributed by atoms with Gasteiger partial charge in [-0.1, -0.05) is 24.3 Å². The monoisotopic (exact) mass is 704 g/mol. The van der Waals surface area contributed by atoms with Gasteiger partial charge in [-0.2, -0.15) is 0 Å². The van der Waals surface area contributed by atoms with Gasteiger partial charge in [0, 0.05) is 51.1 Å². The molecule has 2 aromatic rings. The molecular weight excluding hydrogens is 647 g/mol. The molecule has 3 rings (SSSR count). The molecule has 0 saturated carbocycles. The second kappa shape index (κ2) is 15.8. The van der Waals surface area contributed by atoms with Crippen LogP contribution in [-0.4, -0.2) is 91.9 Å². The number of benzene rings is 1. The standard InChI is InChI=1S/C36H57N4O8P/c1-12-45-49(44)22-21-39(23-27-17-13-14-18-28(27)29-24-38(11)26-37-29)25-36(49,30(41)46-33(2,3)4)19-15-16-20-40(31(42)47-34(5,6)7)32(43)48-35(8,9)10/h13-14,17-18,24,26H,12,15-16,19-23,25H2,1-11H3. The van der Waals surface area contributed by atoms with E-state index in [-0.39, 0.29) is 32.3 Å². The first-order valence-electron chi connectivity index (χ1n) is 17.1. The van der Waals surface area contributed by atoms with Crippen LogP contribution < -0.4 is 0 Å². The van der Waals surface area contributed by atoms with Crippen LogP contribution in [0.1, 0.15) is 94.1 Å². The van der Waals surface area contributed by atoms with E-state index in [1.54, 1.807) is 75.6 Å². The van der Waals surface area contributed by atoms with Gasteiger partial charge in [0.05, 0.1) is 18.6 Å². The number of rotatable bonds is 11. The molecule has 0 aliphatic carbocycles. The molecule has 1 aromatic carbocycles. The quantitative estimate of drug-likeness (QED) is 0.0996. The predicted molar refractivity (Wildman–Crippen MR) is 190 cm³/mol. The highest BCUT2D eigenvalue weighted by Crippen LogP contribution is 2.64. The van der Waals surface area contributed by atoms with Crippen molar-refractivity contribution in [3.05, 3.63) is 42.4 Å². The molecule has 2 unspecified atom stereocenters. The molecule has 1 aliphatic heterocycles. The molecule has 274 valence electrons. The number of aryl methyl sites for hydroxylation is 1. The summed E-state index contributed by atoms with van der Waals surface area (Å²) < 4.78 is 39.8. The molecule has 2 amide bonds. The Kier molecular flexibility index (Phi) is 12.9. The summed E-state index contributed by atoms with van der Waals surface area (Å²) in [6.45, 7) is 18.7. The number of aromatic nitrogens is 2. The third-order valence-electron chi connectivity index (χ3n) is 7.81. The van der Waals surface area contributed by atoms with E-state index in [0.29, 0.717) is 25.9 Å². The van der Waals surface area contributed by atoms with Crippen LogP contribution in [0.15, 0.2) is 36.8 Å². The van der Waals surface area contributed by atoms with Crippen molar-refractivity contribution in [2.45, 2.75) is 117 Å². The summed E-state index contributed by atoms with van der Waals surface area (Å²) in [6, 6.07) is 8.00. The minimum absolute atomic E-state index is 0.0195. The SMILES string of the molecule is CCOP1(=O)CCN(Cc2ccccc2-c2cn(C)cn2)CC1(CCCCN(C(=O)OC(C)(C)C)C(=O)OC(C)(C)C)C(=O)OC(C)(C)C. The van der Waals surface area contributed by atoms with Crippen molar-refractivity contribution in [2.75, 3.05) is 32.4 Å². The summed E-state index contributed by atoms with van der Waals surface area (Å²) in [4.78, 5) is 48.1. The lowest BCUT2D eigenvalue weighted by Crippen LogP contribution is -2.56. The number of imidazole rings is 1. The van der Waals surface area contributed by atoms with Gasteiger partial charge in [-0.05, 0) is 94.1 Å². The van der Waals surface area contributed by atoms with E-state index >= 15 is 0 Å². The lowest BCUT2D eigenvalue weighted by Gasteiger charge is -2.46. The Morgan fingerprint density at radius 1 is 0.918 bits per heavy atom. The normalized spacial score (nSPS) is 20.5. The summed E-state index contributed by atoms with van der Waals surface area (Å²) in [7, 11) is -1.67. The number of ether oxygens (including phenoxy) is 3. The molecule has 0 N–H and O–H groups in total. The average Bonchev–Trinajstić information content (AvgIpc) is 3.38. The highest BCUT2D eigenvalue weighted by Gasteiger charge is 2.59. The van der Waals surface area contributed by atoms with Crippen LogP contribution in [0, 0.1) is 0 Å². The van der Waals surface area contributed by atoms with Crippen molar-refractivity contribution >= 4 is 25.5 Å². The Hall–Kier alpha value is -3.21. The molecule has 12 nitrogen and oxygen atoms in total. The van der Waals surface area contributed by atoms with Crippen LogP contribution in [0.4, 0.5) is 9.59 Å². The predicted octanol–water partition coefficient (Wildman–Crippen LogP) is 7.64. The minimum Gasteiger partial charge on any atom is -0.459 e. The first kappa shape index (κ1) is 40.2. The Morgan fingerprint density at radius 2 is 1.51 bits per heavy atom. The van der Waals surface area contributed by atoms with E-state index < -0.39 is 47.5 Å². The van der Waals surface area contributed by atoms with Crippen LogP contribution in [0.5, 0.6) is 0 Å². The topological polar surface area (TPSA) is 130 Å². The Balaban J connectivity index is 1.94. The maximum absolute atomic E-state index is 14.8. The first-order chi connectivity index (χ1) is 22.6. The molecule has 49 heavy (non-hydrogen) atoms. The van der Waals surface area contributed by atoms with Gasteiger partial charge in [-0.15, -0.1) is 0 Å². The lowest BCUT2D eigenvalue weighted by molar-refractivity contribution is -0.160. The third kappa shape index (κ3) is 11.1. The highest BCUT2D eigenvalue weighted by atomic mass is 31.2. The largest absolute Gasteiger partial charge is 0.459 e. The van der Waals surface area contributed by atoms with Gasteiger partial charge >= 0.3 is 18.2 Å². The van der Waals surface area contributed by atoms with Gasteiger partial charge in [-0.3, -0.25) is 14.3 Å². The molecule has 2 atom stereocenters. The number of hydrogen-bond acceptors (Lipinski definition) is 10. The van der Waals surface area contributed by atoms with E-state index in [2.05, 4.69) is 9.88 Å². The molecular formula is C36H57N4O8P. The van der Waals surface area contributed by atoms with Crippen molar-refractivity contribution in [2.24, 2.45) is 7.05 Å².